The molecule has 9 heteroatoms. The molecule has 31 heavy (non-hydrogen) atoms. The van der Waals surface area contributed by atoms with Gasteiger partial charge in [0.1, 0.15) is 5.56 Å². The topological polar surface area (TPSA) is 108 Å². The quantitative estimate of drug-likeness (QED) is 0.615. The fraction of sp³-hybridized carbons (Fsp3) is 0.0909. The summed E-state index contributed by atoms with van der Waals surface area (Å²) in [5, 5.41) is 16.6. The standard InChI is InChI=1S/C22H17ClN4O4/c1-12-6-8-15(9-7-12)26-20(29)18(19(28)24-22(26)31)11-17-13(2)25-27(21(17)30)16-5-3-4-14(23)10-16/h3-11,29H,1-2H3,(H,24,28,31)/b17-11-. The zero-order chi connectivity index (χ0) is 22.3. The Kier molecular flexibility index (Phi) is 5.08. The molecule has 0 bridgehead atoms. The number of hydrogen-bond donors (Lipinski definition) is 2. The number of hydrogen-bond acceptors (Lipinski definition) is 5. The Balaban J connectivity index is 1.82. The van der Waals surface area contributed by atoms with Crippen LogP contribution in [0.1, 0.15) is 18.1 Å². The molecule has 1 aromatic heterocycles. The SMILES string of the molecule is CC1=NN(c2cccc(Cl)c2)C(=O)/C1=C\c1c(O)n(-c2ccc(C)cc2)c(=O)[nH]c1=O. The molecule has 2 N–H and O–H groups in total. The summed E-state index contributed by atoms with van der Waals surface area (Å²) in [5.74, 6) is -1.07. The first-order chi connectivity index (χ1) is 14.8. The minimum absolute atomic E-state index is 0.106. The van der Waals surface area contributed by atoms with Gasteiger partial charge in [-0.3, -0.25) is 14.6 Å². The average molecular weight is 437 g/mol. The van der Waals surface area contributed by atoms with Crippen LogP contribution >= 0.6 is 11.6 Å². The van der Waals surface area contributed by atoms with Crippen molar-refractivity contribution in [1.29, 1.82) is 0 Å². The second-order valence-corrected chi connectivity index (χ2v) is 7.44. The molecule has 1 aliphatic rings. The van der Waals surface area contributed by atoms with Crippen LogP contribution < -0.4 is 16.3 Å². The maximum absolute atomic E-state index is 13.0. The van der Waals surface area contributed by atoms with Gasteiger partial charge in [0.25, 0.3) is 11.5 Å². The van der Waals surface area contributed by atoms with Crippen LogP contribution in [-0.4, -0.2) is 26.3 Å². The van der Waals surface area contributed by atoms with Gasteiger partial charge in [0.15, 0.2) is 0 Å². The molecular formula is C22H17ClN4O4. The van der Waals surface area contributed by atoms with Crippen molar-refractivity contribution in [3.8, 4) is 11.6 Å². The van der Waals surface area contributed by atoms with E-state index in [1.54, 1.807) is 55.5 Å². The van der Waals surface area contributed by atoms with Gasteiger partial charge in [-0.1, -0.05) is 35.4 Å². The van der Waals surface area contributed by atoms with Gasteiger partial charge >= 0.3 is 5.69 Å². The molecule has 0 atom stereocenters. The highest BCUT2D eigenvalue weighted by atomic mass is 35.5. The number of hydrazone groups is 1. The van der Waals surface area contributed by atoms with Gasteiger partial charge in [0.05, 0.1) is 22.7 Å². The molecule has 0 aliphatic carbocycles. The number of aromatic hydroxyl groups is 1. The van der Waals surface area contributed by atoms with E-state index in [4.69, 9.17) is 11.6 Å². The van der Waals surface area contributed by atoms with Crippen LogP contribution in [0, 0.1) is 6.92 Å². The monoisotopic (exact) mass is 436 g/mol. The van der Waals surface area contributed by atoms with Gasteiger partial charge in [-0.2, -0.15) is 10.1 Å². The number of aromatic nitrogens is 2. The summed E-state index contributed by atoms with van der Waals surface area (Å²) in [6.07, 6.45) is 1.23. The van der Waals surface area contributed by atoms with E-state index >= 15 is 0 Å². The molecule has 0 spiro atoms. The molecule has 2 aromatic carbocycles. The molecule has 0 radical (unpaired) electrons. The summed E-state index contributed by atoms with van der Waals surface area (Å²) >= 11 is 6.00. The van der Waals surface area contributed by atoms with Crippen molar-refractivity contribution in [2.45, 2.75) is 13.8 Å². The lowest BCUT2D eigenvalue weighted by molar-refractivity contribution is -0.114. The number of carbonyl (C=O) groups is 1. The third-order valence-corrected chi connectivity index (χ3v) is 5.05. The fourth-order valence-corrected chi connectivity index (χ4v) is 3.40. The average Bonchev–Trinajstić information content (AvgIpc) is 3.00. The van der Waals surface area contributed by atoms with Crippen LogP contribution in [0.2, 0.25) is 5.02 Å². The van der Waals surface area contributed by atoms with Crippen LogP contribution in [0.15, 0.2) is 68.8 Å². The van der Waals surface area contributed by atoms with Gasteiger partial charge in [-0.15, -0.1) is 0 Å². The lowest BCUT2D eigenvalue weighted by Crippen LogP contribution is -2.30. The summed E-state index contributed by atoms with van der Waals surface area (Å²) < 4.78 is 0.966. The van der Waals surface area contributed by atoms with Crippen molar-refractivity contribution < 1.29 is 9.90 Å². The molecule has 3 aromatic rings. The molecule has 8 nitrogen and oxygen atoms in total. The molecule has 1 amide bonds. The molecule has 2 heterocycles. The summed E-state index contributed by atoms with van der Waals surface area (Å²) in [7, 11) is 0. The first-order valence-corrected chi connectivity index (χ1v) is 9.66. The van der Waals surface area contributed by atoms with Crippen LogP contribution in [0.25, 0.3) is 11.8 Å². The Hall–Kier alpha value is -3.91. The highest BCUT2D eigenvalue weighted by molar-refractivity contribution is 6.33. The molecule has 0 saturated carbocycles. The zero-order valence-electron chi connectivity index (χ0n) is 16.6. The predicted molar refractivity (Wildman–Crippen MR) is 119 cm³/mol. The number of amides is 1. The molecule has 0 saturated heterocycles. The van der Waals surface area contributed by atoms with Gasteiger partial charge in [-0.05, 0) is 50.3 Å². The van der Waals surface area contributed by atoms with E-state index in [-0.39, 0.29) is 11.1 Å². The maximum atomic E-state index is 13.0. The minimum Gasteiger partial charge on any atom is -0.494 e. The van der Waals surface area contributed by atoms with Crippen LogP contribution in [0.4, 0.5) is 5.69 Å². The number of carbonyl (C=O) groups excluding carboxylic acids is 1. The Labute approximate surface area is 181 Å². The number of rotatable bonds is 3. The second kappa shape index (κ2) is 7.73. The van der Waals surface area contributed by atoms with Crippen molar-refractivity contribution in [2.24, 2.45) is 5.10 Å². The first kappa shape index (κ1) is 20.4. The molecular weight excluding hydrogens is 420 g/mol. The van der Waals surface area contributed by atoms with Crippen molar-refractivity contribution >= 4 is 35.0 Å². The Morgan fingerprint density at radius 1 is 1.03 bits per heavy atom. The lowest BCUT2D eigenvalue weighted by atomic mass is 10.1. The van der Waals surface area contributed by atoms with E-state index in [2.05, 4.69) is 10.1 Å². The number of aryl methyl sites for hydroxylation is 1. The maximum Gasteiger partial charge on any atom is 0.335 e. The normalized spacial score (nSPS) is 14.9. The summed E-state index contributed by atoms with van der Waals surface area (Å²) in [6.45, 7) is 3.49. The predicted octanol–water partition coefficient (Wildman–Crippen LogP) is 3.00. The fourth-order valence-electron chi connectivity index (χ4n) is 3.21. The minimum atomic E-state index is -0.819. The molecule has 1 aliphatic heterocycles. The summed E-state index contributed by atoms with van der Waals surface area (Å²) in [6, 6.07) is 13.4. The Morgan fingerprint density at radius 3 is 2.42 bits per heavy atom. The number of benzene rings is 2. The number of aromatic amines is 1. The van der Waals surface area contributed by atoms with Crippen LogP contribution in [0.5, 0.6) is 5.88 Å². The highest BCUT2D eigenvalue weighted by Gasteiger charge is 2.30. The molecule has 0 unspecified atom stereocenters. The van der Waals surface area contributed by atoms with E-state index < -0.39 is 23.0 Å². The smallest absolute Gasteiger partial charge is 0.335 e. The van der Waals surface area contributed by atoms with Gasteiger partial charge in [0, 0.05) is 5.02 Å². The molecule has 156 valence electrons. The molecule has 0 fully saturated rings. The van der Waals surface area contributed by atoms with Gasteiger partial charge in [0.2, 0.25) is 5.88 Å². The van der Waals surface area contributed by atoms with E-state index in [1.165, 1.54) is 6.08 Å². The largest absolute Gasteiger partial charge is 0.494 e. The van der Waals surface area contributed by atoms with E-state index in [0.29, 0.717) is 22.1 Å². The summed E-state index contributed by atoms with van der Waals surface area (Å²) in [4.78, 5) is 39.9. The van der Waals surface area contributed by atoms with Crippen molar-refractivity contribution in [3.05, 3.63) is 91.1 Å². The zero-order valence-corrected chi connectivity index (χ0v) is 17.3. The van der Waals surface area contributed by atoms with E-state index in [0.717, 1.165) is 15.1 Å². The number of anilines is 1. The Bertz CT molecular complexity index is 1380. The van der Waals surface area contributed by atoms with Crippen LogP contribution in [-0.2, 0) is 4.79 Å². The first-order valence-electron chi connectivity index (χ1n) is 9.29. The summed E-state index contributed by atoms with van der Waals surface area (Å²) in [5.41, 5.74) is 0.401. The lowest BCUT2D eigenvalue weighted by Gasteiger charge is -2.12. The molecule has 4 rings (SSSR count). The van der Waals surface area contributed by atoms with Crippen molar-refractivity contribution in [2.75, 3.05) is 5.01 Å². The third-order valence-electron chi connectivity index (χ3n) is 4.82. The second-order valence-electron chi connectivity index (χ2n) is 7.01. The third kappa shape index (κ3) is 3.69. The van der Waals surface area contributed by atoms with Gasteiger partial charge in [-0.25, -0.2) is 9.36 Å². The van der Waals surface area contributed by atoms with Crippen LogP contribution in [0.3, 0.4) is 0 Å². The number of nitrogens with zero attached hydrogens (tertiary/aromatic N) is 3. The number of halogens is 1. The van der Waals surface area contributed by atoms with E-state index in [9.17, 15) is 19.5 Å². The Morgan fingerprint density at radius 2 is 1.74 bits per heavy atom. The van der Waals surface area contributed by atoms with Crippen molar-refractivity contribution in [1.82, 2.24) is 9.55 Å². The van der Waals surface area contributed by atoms with Crippen molar-refractivity contribution in [3.63, 3.8) is 0 Å². The van der Waals surface area contributed by atoms with Gasteiger partial charge < -0.3 is 5.11 Å². The number of H-pyrrole nitrogens is 1. The van der Waals surface area contributed by atoms with E-state index in [1.807, 2.05) is 6.92 Å². The highest BCUT2D eigenvalue weighted by Crippen LogP contribution is 2.28. The number of nitrogens with one attached hydrogen (secondary N) is 1.